The second kappa shape index (κ2) is 7.57. The Balaban J connectivity index is 1.82. The number of aromatic nitrogens is 1. The minimum atomic E-state index is 0.824. The van der Waals surface area contributed by atoms with E-state index in [2.05, 4.69) is 19.2 Å². The first kappa shape index (κ1) is 17.7. The van der Waals surface area contributed by atoms with E-state index in [1.807, 2.05) is 11.1 Å². The fourth-order valence-electron chi connectivity index (χ4n) is 6.66. The molecule has 0 saturated heterocycles. The van der Waals surface area contributed by atoms with Gasteiger partial charge in [-0.05, 0) is 104 Å². The first-order valence-electron chi connectivity index (χ1n) is 11.8. The molecule has 0 aliphatic heterocycles. The van der Waals surface area contributed by atoms with Crippen molar-refractivity contribution in [1.29, 1.82) is 0 Å². The third-order valence-electron chi connectivity index (χ3n) is 7.84. The van der Waals surface area contributed by atoms with Crippen LogP contribution in [0.2, 0.25) is 0 Å². The number of hydrogen-bond acceptors (Lipinski definition) is 1. The molecule has 144 valence electrons. The molecule has 0 fully saturated rings. The SMILES string of the molecule is Cc1nccc2c3c4c5c(c12)CCCC5CCCCCCCC4CCCC3. The molecule has 2 aromatic rings. The van der Waals surface area contributed by atoms with E-state index in [0.29, 0.717) is 0 Å². The van der Waals surface area contributed by atoms with Crippen LogP contribution < -0.4 is 0 Å². The molecule has 1 aromatic heterocycles. The average molecular weight is 362 g/mol. The van der Waals surface area contributed by atoms with Crippen LogP contribution in [0.15, 0.2) is 12.3 Å². The summed E-state index contributed by atoms with van der Waals surface area (Å²) in [6.45, 7) is 2.25. The average Bonchev–Trinajstić information content (AvgIpc) is 2.91. The molecule has 3 aliphatic carbocycles. The topological polar surface area (TPSA) is 12.9 Å². The second-order valence-electron chi connectivity index (χ2n) is 9.48. The fraction of sp³-hybridized carbons (Fsp3) is 0.654. The van der Waals surface area contributed by atoms with Crippen LogP contribution in [0.1, 0.15) is 117 Å². The molecular weight excluding hydrogens is 326 g/mol. The third kappa shape index (κ3) is 3.12. The Morgan fingerprint density at radius 3 is 2.07 bits per heavy atom. The van der Waals surface area contributed by atoms with E-state index in [1.54, 1.807) is 21.9 Å². The zero-order valence-electron chi connectivity index (χ0n) is 17.2. The van der Waals surface area contributed by atoms with E-state index in [1.165, 1.54) is 95.6 Å². The summed E-state index contributed by atoms with van der Waals surface area (Å²) in [5.74, 6) is 1.65. The Morgan fingerprint density at radius 2 is 1.30 bits per heavy atom. The number of fused-ring (bicyclic) bond motifs is 3. The number of benzene rings is 1. The van der Waals surface area contributed by atoms with Gasteiger partial charge in [0, 0.05) is 17.3 Å². The lowest BCUT2D eigenvalue weighted by molar-refractivity contribution is 0.486. The van der Waals surface area contributed by atoms with Gasteiger partial charge in [-0.25, -0.2) is 0 Å². The number of pyridine rings is 1. The lowest BCUT2D eigenvalue weighted by Gasteiger charge is -2.34. The van der Waals surface area contributed by atoms with E-state index in [0.717, 1.165) is 11.8 Å². The van der Waals surface area contributed by atoms with Crippen LogP contribution in [0, 0.1) is 6.92 Å². The Labute approximate surface area is 165 Å². The molecule has 0 saturated carbocycles. The number of nitrogens with zero attached hydrogens (tertiary/aromatic N) is 1. The van der Waals surface area contributed by atoms with Gasteiger partial charge in [-0.3, -0.25) is 4.98 Å². The molecule has 3 aliphatic rings. The van der Waals surface area contributed by atoms with Crippen LogP contribution >= 0.6 is 0 Å². The summed E-state index contributed by atoms with van der Waals surface area (Å²) in [7, 11) is 0. The predicted octanol–water partition coefficient (Wildman–Crippen LogP) is 7.52. The first-order chi connectivity index (χ1) is 13.3. The predicted molar refractivity (Wildman–Crippen MR) is 115 cm³/mol. The molecular formula is C26H35N. The van der Waals surface area contributed by atoms with Gasteiger partial charge in [0.15, 0.2) is 0 Å². The molecule has 5 rings (SSSR count). The Morgan fingerprint density at radius 1 is 0.704 bits per heavy atom. The van der Waals surface area contributed by atoms with Crippen LogP contribution in [0.25, 0.3) is 10.8 Å². The fourth-order valence-corrected chi connectivity index (χ4v) is 6.66. The largest absolute Gasteiger partial charge is 0.261 e. The molecule has 0 radical (unpaired) electrons. The highest BCUT2D eigenvalue weighted by Gasteiger charge is 2.32. The zero-order chi connectivity index (χ0) is 18.2. The van der Waals surface area contributed by atoms with Gasteiger partial charge in [-0.15, -0.1) is 0 Å². The Hall–Kier alpha value is -1.37. The van der Waals surface area contributed by atoms with Crippen LogP contribution in [-0.4, -0.2) is 4.98 Å². The summed E-state index contributed by atoms with van der Waals surface area (Å²) < 4.78 is 0. The molecule has 1 heteroatoms. The van der Waals surface area contributed by atoms with Gasteiger partial charge in [-0.1, -0.05) is 38.5 Å². The summed E-state index contributed by atoms with van der Waals surface area (Å²) in [5.41, 5.74) is 8.43. The summed E-state index contributed by atoms with van der Waals surface area (Å²) >= 11 is 0. The van der Waals surface area contributed by atoms with Crippen molar-refractivity contribution in [1.82, 2.24) is 4.98 Å². The van der Waals surface area contributed by atoms with Crippen molar-refractivity contribution < 1.29 is 0 Å². The lowest BCUT2D eigenvalue weighted by atomic mass is 9.71. The monoisotopic (exact) mass is 361 g/mol. The van der Waals surface area contributed by atoms with Crippen LogP contribution in [0.3, 0.4) is 0 Å². The van der Waals surface area contributed by atoms with Crippen molar-refractivity contribution in [3.63, 3.8) is 0 Å². The molecule has 2 unspecified atom stereocenters. The van der Waals surface area contributed by atoms with Crippen molar-refractivity contribution in [3.8, 4) is 0 Å². The van der Waals surface area contributed by atoms with Gasteiger partial charge >= 0.3 is 0 Å². The number of rotatable bonds is 0. The molecule has 1 nitrogen and oxygen atoms in total. The Kier molecular flexibility index (Phi) is 4.96. The molecule has 1 heterocycles. The molecule has 0 bridgehead atoms. The normalized spacial score (nSPS) is 26.1. The van der Waals surface area contributed by atoms with E-state index >= 15 is 0 Å². The zero-order valence-corrected chi connectivity index (χ0v) is 17.2. The van der Waals surface area contributed by atoms with Crippen molar-refractivity contribution in [2.24, 2.45) is 0 Å². The quantitative estimate of drug-likeness (QED) is 0.473. The maximum Gasteiger partial charge on any atom is 0.0453 e. The number of aryl methyl sites for hydroxylation is 3. The van der Waals surface area contributed by atoms with Gasteiger partial charge in [-0.2, -0.15) is 0 Å². The molecule has 27 heavy (non-hydrogen) atoms. The highest BCUT2D eigenvalue weighted by molar-refractivity contribution is 5.93. The molecule has 2 atom stereocenters. The van der Waals surface area contributed by atoms with E-state index in [4.69, 9.17) is 4.98 Å². The van der Waals surface area contributed by atoms with Crippen molar-refractivity contribution in [2.45, 2.75) is 109 Å². The van der Waals surface area contributed by atoms with Gasteiger partial charge in [0.1, 0.15) is 0 Å². The van der Waals surface area contributed by atoms with E-state index < -0.39 is 0 Å². The first-order valence-corrected chi connectivity index (χ1v) is 11.8. The van der Waals surface area contributed by atoms with Gasteiger partial charge < -0.3 is 0 Å². The van der Waals surface area contributed by atoms with E-state index in [-0.39, 0.29) is 0 Å². The summed E-state index contributed by atoms with van der Waals surface area (Å²) in [4.78, 5) is 4.74. The van der Waals surface area contributed by atoms with Crippen LogP contribution in [-0.2, 0) is 12.8 Å². The van der Waals surface area contributed by atoms with Gasteiger partial charge in [0.25, 0.3) is 0 Å². The molecule has 0 amide bonds. The molecule has 0 N–H and O–H groups in total. The van der Waals surface area contributed by atoms with E-state index in [9.17, 15) is 0 Å². The lowest BCUT2D eigenvalue weighted by Crippen LogP contribution is -2.18. The standard InChI is InChI=1S/C26H35N/c1-18-24-22(16-17-27-18)21-14-8-7-12-19-10-5-3-2-4-6-11-20-13-9-15-23(24)26(20)25(19)21/h16-17,19-20H,2-15H2,1H3. The van der Waals surface area contributed by atoms with Crippen LogP contribution in [0.4, 0.5) is 0 Å². The molecule has 1 aromatic carbocycles. The smallest absolute Gasteiger partial charge is 0.0453 e. The summed E-state index contributed by atoms with van der Waals surface area (Å²) in [6.07, 6.45) is 21.8. The summed E-state index contributed by atoms with van der Waals surface area (Å²) in [5, 5.41) is 3.12. The minimum Gasteiger partial charge on any atom is -0.261 e. The van der Waals surface area contributed by atoms with Gasteiger partial charge in [0.05, 0.1) is 0 Å². The molecule has 0 spiro atoms. The minimum absolute atomic E-state index is 0.824. The highest BCUT2D eigenvalue weighted by Crippen LogP contribution is 2.49. The van der Waals surface area contributed by atoms with Crippen LogP contribution in [0.5, 0.6) is 0 Å². The van der Waals surface area contributed by atoms with Crippen molar-refractivity contribution in [3.05, 3.63) is 40.2 Å². The third-order valence-corrected chi connectivity index (χ3v) is 7.84. The number of hydrogen-bond donors (Lipinski definition) is 0. The van der Waals surface area contributed by atoms with Crippen molar-refractivity contribution >= 4 is 10.8 Å². The second-order valence-corrected chi connectivity index (χ2v) is 9.48. The maximum atomic E-state index is 4.74. The highest BCUT2D eigenvalue weighted by atomic mass is 14.7. The van der Waals surface area contributed by atoms with Gasteiger partial charge in [0.2, 0.25) is 0 Å². The maximum absolute atomic E-state index is 4.74. The summed E-state index contributed by atoms with van der Waals surface area (Å²) in [6, 6.07) is 2.35. The Bertz CT molecular complexity index is 834. The van der Waals surface area contributed by atoms with Crippen molar-refractivity contribution in [2.75, 3.05) is 0 Å².